The van der Waals surface area contributed by atoms with Gasteiger partial charge in [-0.2, -0.15) is 4.39 Å². The molecule has 0 bridgehead atoms. The van der Waals surface area contributed by atoms with Gasteiger partial charge in [-0.05, 0) is 12.1 Å². The summed E-state index contributed by atoms with van der Waals surface area (Å²) < 4.78 is 18.1. The van der Waals surface area contributed by atoms with E-state index in [0.29, 0.717) is 25.4 Å². The smallest absolute Gasteiger partial charge is 0.306 e. The molecule has 0 amide bonds. The molecule has 1 heterocycles. The molecular formula is C11H13FN2O4. The van der Waals surface area contributed by atoms with Crippen LogP contribution in [0.4, 0.5) is 15.8 Å². The van der Waals surface area contributed by atoms with Crippen LogP contribution in [-0.4, -0.2) is 36.4 Å². The fourth-order valence-electron chi connectivity index (χ4n) is 1.69. The second-order valence-electron chi connectivity index (χ2n) is 4.43. The SMILES string of the molecule is O=[N+]([O-])c1cc(NCC2(CO)COC2)ccc1F. The summed E-state index contributed by atoms with van der Waals surface area (Å²) >= 11 is 0. The number of anilines is 1. The maximum absolute atomic E-state index is 13.1. The van der Waals surface area contributed by atoms with Gasteiger partial charge >= 0.3 is 5.69 Å². The number of halogens is 1. The Balaban J connectivity index is 2.06. The summed E-state index contributed by atoms with van der Waals surface area (Å²) in [5.74, 6) is -0.866. The number of aliphatic hydroxyl groups excluding tert-OH is 1. The number of nitro benzene ring substituents is 1. The summed E-state index contributed by atoms with van der Waals surface area (Å²) in [4.78, 5) is 9.81. The van der Waals surface area contributed by atoms with Gasteiger partial charge in [-0.25, -0.2) is 0 Å². The minimum Gasteiger partial charge on any atom is -0.396 e. The van der Waals surface area contributed by atoms with Crippen LogP contribution in [0, 0.1) is 21.3 Å². The van der Waals surface area contributed by atoms with Crippen molar-refractivity contribution in [3.63, 3.8) is 0 Å². The molecule has 2 rings (SSSR count). The first-order chi connectivity index (χ1) is 8.56. The Hall–Kier alpha value is -1.73. The fraction of sp³-hybridized carbons (Fsp3) is 0.455. The summed E-state index contributed by atoms with van der Waals surface area (Å²) in [6.07, 6.45) is 0. The molecule has 6 nitrogen and oxygen atoms in total. The molecule has 2 N–H and O–H groups in total. The van der Waals surface area contributed by atoms with Gasteiger partial charge < -0.3 is 15.2 Å². The van der Waals surface area contributed by atoms with Crippen LogP contribution in [0.25, 0.3) is 0 Å². The molecule has 1 aromatic rings. The van der Waals surface area contributed by atoms with Crippen LogP contribution < -0.4 is 5.32 Å². The van der Waals surface area contributed by atoms with Crippen LogP contribution >= 0.6 is 0 Å². The molecule has 0 saturated carbocycles. The number of ether oxygens (including phenoxy) is 1. The second-order valence-corrected chi connectivity index (χ2v) is 4.43. The van der Waals surface area contributed by atoms with Crippen LogP contribution in [0.3, 0.4) is 0 Å². The number of hydrogen-bond donors (Lipinski definition) is 2. The van der Waals surface area contributed by atoms with E-state index in [1.165, 1.54) is 6.07 Å². The fourth-order valence-corrected chi connectivity index (χ4v) is 1.69. The van der Waals surface area contributed by atoms with Gasteiger partial charge in [-0.3, -0.25) is 10.1 Å². The van der Waals surface area contributed by atoms with Crippen molar-refractivity contribution >= 4 is 11.4 Å². The summed E-state index contributed by atoms with van der Waals surface area (Å²) in [5.41, 5.74) is -0.464. The third kappa shape index (κ3) is 2.41. The zero-order chi connectivity index (χ0) is 13.2. The van der Waals surface area contributed by atoms with E-state index in [0.717, 1.165) is 12.1 Å². The predicted octanol–water partition coefficient (Wildman–Crippen LogP) is 1.15. The van der Waals surface area contributed by atoms with E-state index in [4.69, 9.17) is 4.74 Å². The molecule has 1 fully saturated rings. The van der Waals surface area contributed by atoms with Crippen molar-refractivity contribution in [2.75, 3.05) is 31.7 Å². The number of aliphatic hydroxyl groups is 1. The van der Waals surface area contributed by atoms with Gasteiger partial charge in [0.1, 0.15) is 0 Å². The Labute approximate surface area is 103 Å². The van der Waals surface area contributed by atoms with Crippen molar-refractivity contribution in [1.29, 1.82) is 0 Å². The van der Waals surface area contributed by atoms with E-state index in [1.54, 1.807) is 0 Å². The number of nitrogens with zero attached hydrogens (tertiary/aromatic N) is 1. The highest BCUT2D eigenvalue weighted by Gasteiger charge is 2.37. The van der Waals surface area contributed by atoms with Gasteiger partial charge in [0.2, 0.25) is 5.82 Å². The van der Waals surface area contributed by atoms with Crippen molar-refractivity contribution in [3.05, 3.63) is 34.1 Å². The van der Waals surface area contributed by atoms with Gasteiger partial charge in [-0.1, -0.05) is 0 Å². The van der Waals surface area contributed by atoms with Crippen molar-refractivity contribution in [3.8, 4) is 0 Å². The summed E-state index contributed by atoms with van der Waals surface area (Å²) in [7, 11) is 0. The summed E-state index contributed by atoms with van der Waals surface area (Å²) in [5, 5.41) is 22.7. The van der Waals surface area contributed by atoms with E-state index in [9.17, 15) is 19.6 Å². The predicted molar refractivity (Wildman–Crippen MR) is 61.9 cm³/mol. The van der Waals surface area contributed by atoms with Gasteiger partial charge in [0.15, 0.2) is 0 Å². The number of hydrogen-bond acceptors (Lipinski definition) is 5. The van der Waals surface area contributed by atoms with Crippen molar-refractivity contribution in [2.24, 2.45) is 5.41 Å². The largest absolute Gasteiger partial charge is 0.396 e. The molecule has 0 radical (unpaired) electrons. The zero-order valence-electron chi connectivity index (χ0n) is 9.56. The highest BCUT2D eigenvalue weighted by molar-refractivity contribution is 5.51. The maximum Gasteiger partial charge on any atom is 0.306 e. The van der Waals surface area contributed by atoms with E-state index < -0.39 is 16.4 Å². The first kappa shape index (κ1) is 12.7. The van der Waals surface area contributed by atoms with Crippen molar-refractivity contribution in [2.45, 2.75) is 0 Å². The Morgan fingerprint density at radius 1 is 1.56 bits per heavy atom. The molecule has 1 aliphatic rings. The molecule has 0 aromatic heterocycles. The van der Waals surface area contributed by atoms with Crippen LogP contribution in [-0.2, 0) is 4.74 Å². The van der Waals surface area contributed by atoms with Gasteiger partial charge in [0.05, 0.1) is 30.2 Å². The van der Waals surface area contributed by atoms with E-state index in [2.05, 4.69) is 5.32 Å². The monoisotopic (exact) mass is 256 g/mol. The Morgan fingerprint density at radius 3 is 2.78 bits per heavy atom. The third-order valence-corrected chi connectivity index (χ3v) is 2.96. The molecular weight excluding hydrogens is 243 g/mol. The number of benzene rings is 1. The number of nitro groups is 1. The number of nitrogens with one attached hydrogen (secondary N) is 1. The van der Waals surface area contributed by atoms with Crippen LogP contribution in [0.15, 0.2) is 18.2 Å². The lowest BCUT2D eigenvalue weighted by atomic mass is 9.87. The Morgan fingerprint density at radius 2 is 2.28 bits per heavy atom. The average Bonchev–Trinajstić information content (AvgIpc) is 2.30. The first-order valence-electron chi connectivity index (χ1n) is 5.43. The normalized spacial score (nSPS) is 17.0. The second kappa shape index (κ2) is 4.87. The highest BCUT2D eigenvalue weighted by Crippen LogP contribution is 2.28. The molecule has 18 heavy (non-hydrogen) atoms. The van der Waals surface area contributed by atoms with Gasteiger partial charge in [0.25, 0.3) is 0 Å². The molecule has 0 atom stereocenters. The van der Waals surface area contributed by atoms with E-state index in [1.807, 2.05) is 0 Å². The minimum absolute atomic E-state index is 0.0245. The van der Waals surface area contributed by atoms with Crippen LogP contribution in [0.2, 0.25) is 0 Å². The maximum atomic E-state index is 13.1. The molecule has 0 spiro atoms. The van der Waals surface area contributed by atoms with Crippen LogP contribution in [0.5, 0.6) is 0 Å². The standard InChI is InChI=1S/C11H13FN2O4/c12-9-2-1-8(3-10(9)14(16)17)13-4-11(5-15)6-18-7-11/h1-3,13,15H,4-7H2. The number of rotatable bonds is 5. The van der Waals surface area contributed by atoms with E-state index in [-0.39, 0.29) is 12.0 Å². The highest BCUT2D eigenvalue weighted by atomic mass is 19.1. The average molecular weight is 256 g/mol. The van der Waals surface area contributed by atoms with Gasteiger partial charge in [0, 0.05) is 18.3 Å². The molecule has 1 aromatic carbocycles. The molecule has 0 aliphatic carbocycles. The van der Waals surface area contributed by atoms with Crippen LogP contribution in [0.1, 0.15) is 0 Å². The lowest BCUT2D eigenvalue weighted by Gasteiger charge is -2.40. The third-order valence-electron chi connectivity index (χ3n) is 2.96. The van der Waals surface area contributed by atoms with E-state index >= 15 is 0 Å². The molecule has 7 heteroatoms. The van der Waals surface area contributed by atoms with Gasteiger partial charge in [-0.15, -0.1) is 0 Å². The summed E-state index contributed by atoms with van der Waals surface area (Å²) in [6, 6.07) is 3.61. The molecule has 0 unspecified atom stereocenters. The quantitative estimate of drug-likeness (QED) is 0.610. The topological polar surface area (TPSA) is 84.6 Å². The zero-order valence-corrected chi connectivity index (χ0v) is 9.56. The molecule has 1 aliphatic heterocycles. The minimum atomic E-state index is -0.866. The van der Waals surface area contributed by atoms with Crippen molar-refractivity contribution < 1.29 is 19.2 Å². The lowest BCUT2D eigenvalue weighted by Crippen LogP contribution is -2.50. The molecule has 98 valence electrons. The Bertz CT molecular complexity index is 457. The Kier molecular flexibility index (Phi) is 3.44. The first-order valence-corrected chi connectivity index (χ1v) is 5.43. The molecule has 1 saturated heterocycles. The van der Waals surface area contributed by atoms with Crippen molar-refractivity contribution in [1.82, 2.24) is 0 Å². The lowest BCUT2D eigenvalue weighted by molar-refractivity contribution is -0.387. The summed E-state index contributed by atoms with van der Waals surface area (Å²) in [6.45, 7) is 1.29.